The predicted octanol–water partition coefficient (Wildman–Crippen LogP) is 2.14. The smallest absolute Gasteiger partial charge is 0.320 e. The molecule has 0 N–H and O–H groups in total. The SMILES string of the molecule is COC(=O)C(Br)CN1CCSC(C)(C)CC1. The van der Waals surface area contributed by atoms with Gasteiger partial charge in [-0.15, -0.1) is 0 Å². The quantitative estimate of drug-likeness (QED) is 0.590. The fourth-order valence-corrected chi connectivity index (χ4v) is 3.41. The molecule has 0 aromatic rings. The van der Waals surface area contributed by atoms with Gasteiger partial charge >= 0.3 is 5.97 Å². The van der Waals surface area contributed by atoms with Crippen LogP contribution in [0.25, 0.3) is 0 Å². The van der Waals surface area contributed by atoms with Crippen LogP contribution in [0.1, 0.15) is 20.3 Å². The van der Waals surface area contributed by atoms with Crippen molar-refractivity contribution in [2.24, 2.45) is 0 Å². The van der Waals surface area contributed by atoms with Crippen molar-refractivity contribution < 1.29 is 9.53 Å². The maximum Gasteiger partial charge on any atom is 0.320 e. The van der Waals surface area contributed by atoms with Crippen molar-refractivity contribution in [3.63, 3.8) is 0 Å². The van der Waals surface area contributed by atoms with E-state index in [4.69, 9.17) is 4.74 Å². The Kier molecular flexibility index (Phi) is 5.61. The summed E-state index contributed by atoms with van der Waals surface area (Å²) in [5.41, 5.74) is 0. The lowest BCUT2D eigenvalue weighted by Gasteiger charge is -2.23. The van der Waals surface area contributed by atoms with E-state index in [-0.39, 0.29) is 10.8 Å². The highest BCUT2D eigenvalue weighted by Crippen LogP contribution is 2.30. The number of ether oxygens (including phenoxy) is 1. The van der Waals surface area contributed by atoms with Crippen LogP contribution in [0.5, 0.6) is 0 Å². The van der Waals surface area contributed by atoms with Crippen LogP contribution in [0.4, 0.5) is 0 Å². The number of carbonyl (C=O) groups excluding carboxylic acids is 1. The highest BCUT2D eigenvalue weighted by atomic mass is 79.9. The van der Waals surface area contributed by atoms with Crippen molar-refractivity contribution >= 4 is 33.7 Å². The van der Waals surface area contributed by atoms with Crippen LogP contribution in [0.3, 0.4) is 0 Å². The lowest BCUT2D eigenvalue weighted by Crippen LogP contribution is -2.36. The zero-order chi connectivity index (χ0) is 12.2. The molecule has 0 saturated carbocycles. The Bertz CT molecular complexity index is 248. The van der Waals surface area contributed by atoms with E-state index in [0.29, 0.717) is 4.75 Å². The first kappa shape index (κ1) is 14.3. The number of halogens is 1. The van der Waals surface area contributed by atoms with E-state index >= 15 is 0 Å². The molecule has 1 unspecified atom stereocenters. The summed E-state index contributed by atoms with van der Waals surface area (Å²) in [6.07, 6.45) is 1.17. The maximum atomic E-state index is 11.3. The normalized spacial score (nSPS) is 23.5. The predicted molar refractivity (Wildman–Crippen MR) is 72.3 cm³/mol. The molecule has 0 spiro atoms. The van der Waals surface area contributed by atoms with Crippen LogP contribution in [-0.4, -0.2) is 52.9 Å². The molecule has 0 bridgehead atoms. The summed E-state index contributed by atoms with van der Waals surface area (Å²) in [5.74, 6) is 0.949. The fraction of sp³-hybridized carbons (Fsp3) is 0.909. The van der Waals surface area contributed by atoms with Crippen molar-refractivity contribution in [2.45, 2.75) is 29.8 Å². The number of hydrogen-bond acceptors (Lipinski definition) is 4. The van der Waals surface area contributed by atoms with Crippen molar-refractivity contribution in [1.29, 1.82) is 0 Å². The van der Waals surface area contributed by atoms with Gasteiger partial charge in [0.15, 0.2) is 0 Å². The first-order valence-electron chi connectivity index (χ1n) is 5.53. The van der Waals surface area contributed by atoms with Crippen LogP contribution in [0.15, 0.2) is 0 Å². The lowest BCUT2D eigenvalue weighted by atomic mass is 10.1. The van der Waals surface area contributed by atoms with E-state index < -0.39 is 0 Å². The molecular formula is C11H20BrNO2S. The molecule has 0 radical (unpaired) electrons. The second kappa shape index (κ2) is 6.26. The average molecular weight is 310 g/mol. The Morgan fingerprint density at radius 1 is 1.56 bits per heavy atom. The minimum absolute atomic E-state index is 0.184. The van der Waals surface area contributed by atoms with Gasteiger partial charge in [0.25, 0.3) is 0 Å². The molecule has 5 heteroatoms. The number of thioether (sulfide) groups is 1. The molecule has 0 aromatic heterocycles. The van der Waals surface area contributed by atoms with Gasteiger partial charge in [-0.2, -0.15) is 11.8 Å². The van der Waals surface area contributed by atoms with Gasteiger partial charge in [-0.05, 0) is 13.0 Å². The zero-order valence-electron chi connectivity index (χ0n) is 10.2. The van der Waals surface area contributed by atoms with E-state index in [1.807, 2.05) is 11.8 Å². The average Bonchev–Trinajstić information content (AvgIpc) is 2.39. The van der Waals surface area contributed by atoms with Crippen LogP contribution in [0, 0.1) is 0 Å². The number of rotatable bonds is 3. The molecule has 1 atom stereocenters. The third kappa shape index (κ3) is 4.63. The van der Waals surface area contributed by atoms with Crippen molar-refractivity contribution in [3.8, 4) is 0 Å². The van der Waals surface area contributed by atoms with Crippen LogP contribution >= 0.6 is 27.7 Å². The van der Waals surface area contributed by atoms with Crippen molar-refractivity contribution in [1.82, 2.24) is 4.90 Å². The summed E-state index contributed by atoms with van der Waals surface area (Å²) in [4.78, 5) is 13.4. The van der Waals surface area contributed by atoms with E-state index in [1.54, 1.807) is 0 Å². The molecule has 1 aliphatic rings. The van der Waals surface area contributed by atoms with Crippen LogP contribution in [-0.2, 0) is 9.53 Å². The minimum Gasteiger partial charge on any atom is -0.468 e. The zero-order valence-corrected chi connectivity index (χ0v) is 12.6. The summed E-state index contributed by atoms with van der Waals surface area (Å²) in [7, 11) is 1.43. The Balaban J connectivity index is 2.41. The van der Waals surface area contributed by atoms with Gasteiger partial charge in [-0.3, -0.25) is 4.79 Å². The monoisotopic (exact) mass is 309 g/mol. The van der Waals surface area contributed by atoms with E-state index in [2.05, 4.69) is 34.7 Å². The topological polar surface area (TPSA) is 29.5 Å². The van der Waals surface area contributed by atoms with E-state index in [1.165, 1.54) is 13.5 Å². The summed E-state index contributed by atoms with van der Waals surface area (Å²) < 4.78 is 5.07. The summed E-state index contributed by atoms with van der Waals surface area (Å²) in [6.45, 7) is 7.41. The molecule has 1 fully saturated rings. The molecule has 0 aromatic carbocycles. The summed E-state index contributed by atoms with van der Waals surface area (Å²) >= 11 is 5.38. The highest BCUT2D eigenvalue weighted by molar-refractivity contribution is 9.10. The molecule has 1 aliphatic heterocycles. The molecule has 94 valence electrons. The maximum absolute atomic E-state index is 11.3. The standard InChI is InChI=1S/C11H20BrNO2S/c1-11(2)4-5-13(6-7-16-11)8-9(12)10(14)15-3/h9H,4-8H2,1-3H3. The number of hydrogen-bond donors (Lipinski definition) is 0. The Labute approximate surface area is 110 Å². The van der Waals surface area contributed by atoms with Gasteiger partial charge in [0.2, 0.25) is 0 Å². The van der Waals surface area contributed by atoms with Gasteiger partial charge in [0.1, 0.15) is 4.83 Å². The minimum atomic E-state index is -0.205. The summed E-state index contributed by atoms with van der Waals surface area (Å²) in [6, 6.07) is 0. The highest BCUT2D eigenvalue weighted by Gasteiger charge is 2.26. The molecule has 3 nitrogen and oxygen atoms in total. The number of esters is 1. The van der Waals surface area contributed by atoms with Gasteiger partial charge in [-0.25, -0.2) is 0 Å². The Morgan fingerprint density at radius 2 is 2.25 bits per heavy atom. The molecule has 1 heterocycles. The van der Waals surface area contributed by atoms with E-state index in [0.717, 1.165) is 25.4 Å². The number of carbonyl (C=O) groups is 1. The molecule has 16 heavy (non-hydrogen) atoms. The number of alkyl halides is 1. The van der Waals surface area contributed by atoms with Gasteiger partial charge in [0, 0.05) is 23.6 Å². The van der Waals surface area contributed by atoms with Crippen molar-refractivity contribution in [3.05, 3.63) is 0 Å². The molecule has 0 aliphatic carbocycles. The molecule has 0 amide bonds. The third-order valence-electron chi connectivity index (χ3n) is 2.81. The molecule has 1 saturated heterocycles. The second-order valence-corrected chi connectivity index (χ2v) is 7.56. The van der Waals surface area contributed by atoms with E-state index in [9.17, 15) is 4.79 Å². The molecule has 1 rings (SSSR count). The van der Waals surface area contributed by atoms with Crippen LogP contribution in [0.2, 0.25) is 0 Å². The summed E-state index contributed by atoms with van der Waals surface area (Å²) in [5, 5.41) is 0. The molecular weight excluding hydrogens is 290 g/mol. The van der Waals surface area contributed by atoms with Gasteiger partial charge in [0.05, 0.1) is 7.11 Å². The van der Waals surface area contributed by atoms with Gasteiger partial charge < -0.3 is 9.64 Å². The lowest BCUT2D eigenvalue weighted by molar-refractivity contribution is -0.140. The Morgan fingerprint density at radius 3 is 2.88 bits per heavy atom. The fourth-order valence-electron chi connectivity index (χ4n) is 1.67. The first-order valence-corrected chi connectivity index (χ1v) is 7.43. The number of nitrogens with zero attached hydrogens (tertiary/aromatic N) is 1. The largest absolute Gasteiger partial charge is 0.468 e. The number of methoxy groups -OCH3 is 1. The van der Waals surface area contributed by atoms with Crippen molar-refractivity contribution in [2.75, 3.05) is 32.5 Å². The first-order chi connectivity index (χ1) is 7.44. The third-order valence-corrected chi connectivity index (χ3v) is 4.84. The Hall–Kier alpha value is 0.260. The van der Waals surface area contributed by atoms with Crippen LogP contribution < -0.4 is 0 Å². The van der Waals surface area contributed by atoms with Gasteiger partial charge in [-0.1, -0.05) is 29.8 Å². The second-order valence-electron chi connectivity index (χ2n) is 4.65.